The number of hydrogen-bond donors (Lipinski definition) is 0. The number of hydrogen-bond acceptors (Lipinski definition) is 2. The number of aromatic nitrogens is 1. The highest BCUT2D eigenvalue weighted by molar-refractivity contribution is 6.16. The fourth-order valence-corrected chi connectivity index (χ4v) is 15.3. The molecule has 2 aliphatic heterocycles. The topological polar surface area (TPSA) is 11.4 Å². The number of nitrogens with zero attached hydrogens (tertiary/aromatic N) is 3. The fraction of sp³-hybridized carbons (Fsp3) is 0.179. The second-order valence-corrected chi connectivity index (χ2v) is 25.6. The molecule has 0 amide bonds. The maximum absolute atomic E-state index is 2.68. The Morgan fingerprint density at radius 2 is 0.716 bits per heavy atom. The van der Waals surface area contributed by atoms with E-state index in [4.69, 9.17) is 0 Å². The zero-order chi connectivity index (χ0) is 54.9. The van der Waals surface area contributed by atoms with Gasteiger partial charge in [0.15, 0.2) is 0 Å². The van der Waals surface area contributed by atoms with Gasteiger partial charge in [0.1, 0.15) is 0 Å². The predicted octanol–water partition coefficient (Wildman–Crippen LogP) is 20.9. The van der Waals surface area contributed by atoms with Crippen molar-refractivity contribution in [2.24, 2.45) is 0 Å². The van der Waals surface area contributed by atoms with Crippen LogP contribution < -0.4 is 9.80 Å². The summed E-state index contributed by atoms with van der Waals surface area (Å²) in [5, 5.41) is 2.66. The average Bonchev–Trinajstić information content (AvgIpc) is 2.69. The van der Waals surface area contributed by atoms with E-state index in [-0.39, 0.29) is 21.7 Å². The van der Waals surface area contributed by atoms with Crippen LogP contribution >= 0.6 is 0 Å². The van der Waals surface area contributed by atoms with Gasteiger partial charge in [0.25, 0.3) is 0 Å². The van der Waals surface area contributed by atoms with Crippen LogP contribution in [0, 0.1) is 0 Å². The molecule has 0 atom stereocenters. The zero-order valence-electron chi connectivity index (χ0n) is 47.6. The summed E-state index contributed by atoms with van der Waals surface area (Å²) in [7, 11) is 0. The Labute approximate surface area is 476 Å². The van der Waals surface area contributed by atoms with Gasteiger partial charge in [-0.3, -0.25) is 0 Å². The monoisotopic (exact) mass is 1040 g/mol. The molecule has 0 unspecified atom stereocenters. The van der Waals surface area contributed by atoms with Gasteiger partial charge in [-0.15, -0.1) is 0 Å². The first-order valence-corrected chi connectivity index (χ1v) is 29.2. The third kappa shape index (κ3) is 6.70. The van der Waals surface area contributed by atoms with E-state index in [1.54, 1.807) is 0 Å². The summed E-state index contributed by atoms with van der Waals surface area (Å²) in [6.45, 7) is 19.5. The van der Waals surface area contributed by atoms with Crippen molar-refractivity contribution in [3.05, 3.63) is 275 Å². The molecule has 0 N–H and O–H groups in total. The molecule has 0 saturated heterocycles. The maximum atomic E-state index is 2.68. The zero-order valence-corrected chi connectivity index (χ0v) is 47.6. The summed E-state index contributed by atoms with van der Waals surface area (Å²) in [6, 6.07) is 78.6. The number of para-hydroxylation sites is 4. The molecule has 3 nitrogen and oxygen atoms in total. The normalized spacial score (nSPS) is 16.5. The van der Waals surface area contributed by atoms with Crippen molar-refractivity contribution >= 4 is 50.2 Å². The van der Waals surface area contributed by atoms with Crippen LogP contribution in [0.2, 0.25) is 0 Å². The van der Waals surface area contributed by atoms with Gasteiger partial charge in [0.05, 0.1) is 16.7 Å². The smallest absolute Gasteiger partial charge is 0.0582 e. The van der Waals surface area contributed by atoms with Crippen molar-refractivity contribution in [3.8, 4) is 50.2 Å². The minimum absolute atomic E-state index is 0.217. The van der Waals surface area contributed by atoms with Crippen LogP contribution in [-0.4, -0.2) is 4.57 Å². The Hall–Kier alpha value is -8.92. The molecule has 5 aliphatic rings. The fourth-order valence-electron chi connectivity index (χ4n) is 15.3. The average molecular weight is 1040 g/mol. The summed E-state index contributed by atoms with van der Waals surface area (Å²) in [6.07, 6.45) is 9.11. The molecule has 16 rings (SSSR count). The Kier molecular flexibility index (Phi) is 9.97. The molecule has 81 heavy (non-hydrogen) atoms. The predicted molar refractivity (Wildman–Crippen MR) is 341 cm³/mol. The molecule has 0 fully saturated rings. The van der Waals surface area contributed by atoms with E-state index in [1.165, 1.54) is 134 Å². The lowest BCUT2D eigenvalue weighted by Crippen LogP contribution is -2.33. The molecule has 11 aromatic rings. The number of fused-ring (bicyclic) bond motifs is 7. The van der Waals surface area contributed by atoms with Gasteiger partial charge in [-0.1, -0.05) is 177 Å². The van der Waals surface area contributed by atoms with Gasteiger partial charge in [-0.05, 0) is 205 Å². The summed E-state index contributed by atoms with van der Waals surface area (Å²) in [5.74, 6) is 0. The van der Waals surface area contributed by atoms with E-state index in [9.17, 15) is 0 Å². The molecule has 1 aromatic heterocycles. The van der Waals surface area contributed by atoms with Gasteiger partial charge in [-0.2, -0.15) is 0 Å². The van der Waals surface area contributed by atoms with Crippen LogP contribution in [0.5, 0.6) is 0 Å². The molecule has 3 heteroatoms. The summed E-state index contributed by atoms with van der Waals surface area (Å²) < 4.78 is 2.68. The first-order valence-electron chi connectivity index (χ1n) is 29.2. The Morgan fingerprint density at radius 1 is 0.321 bits per heavy atom. The van der Waals surface area contributed by atoms with Crippen LogP contribution in [0.1, 0.15) is 113 Å². The second-order valence-electron chi connectivity index (χ2n) is 25.6. The highest BCUT2D eigenvalue weighted by atomic mass is 15.2. The maximum Gasteiger partial charge on any atom is 0.0582 e. The van der Waals surface area contributed by atoms with Crippen molar-refractivity contribution in [1.29, 1.82) is 0 Å². The molecule has 392 valence electrons. The minimum atomic E-state index is -0.241. The molecular formula is C78H65N3. The summed E-state index contributed by atoms with van der Waals surface area (Å²) >= 11 is 0. The van der Waals surface area contributed by atoms with Gasteiger partial charge < -0.3 is 14.4 Å². The third-order valence-corrected chi connectivity index (χ3v) is 19.7. The molecule has 3 aliphatic carbocycles. The van der Waals surface area contributed by atoms with E-state index in [0.717, 1.165) is 29.9 Å². The molecule has 0 bridgehead atoms. The van der Waals surface area contributed by atoms with E-state index in [1.807, 2.05) is 0 Å². The van der Waals surface area contributed by atoms with Crippen LogP contribution in [0.15, 0.2) is 230 Å². The highest BCUT2D eigenvalue weighted by Gasteiger charge is 2.45. The molecule has 3 heterocycles. The highest BCUT2D eigenvalue weighted by Crippen LogP contribution is 2.59. The Morgan fingerprint density at radius 3 is 1.16 bits per heavy atom. The van der Waals surface area contributed by atoms with Crippen molar-refractivity contribution in [2.75, 3.05) is 9.80 Å². The number of allylic oxidation sites excluding steroid dienone is 3. The van der Waals surface area contributed by atoms with Gasteiger partial charge >= 0.3 is 0 Å². The van der Waals surface area contributed by atoms with Crippen molar-refractivity contribution in [1.82, 2.24) is 4.57 Å². The molecule has 0 saturated carbocycles. The van der Waals surface area contributed by atoms with Crippen molar-refractivity contribution < 1.29 is 0 Å². The molecule has 0 radical (unpaired) electrons. The number of rotatable bonds is 8. The van der Waals surface area contributed by atoms with Crippen LogP contribution in [0.3, 0.4) is 0 Å². The quantitative estimate of drug-likeness (QED) is 0.150. The van der Waals surface area contributed by atoms with Gasteiger partial charge in [0, 0.05) is 66.6 Å². The van der Waals surface area contributed by atoms with E-state index >= 15 is 0 Å². The molecule has 10 aromatic carbocycles. The van der Waals surface area contributed by atoms with E-state index < -0.39 is 0 Å². The van der Waals surface area contributed by atoms with Crippen LogP contribution in [0.4, 0.5) is 28.4 Å². The van der Waals surface area contributed by atoms with E-state index in [2.05, 4.69) is 294 Å². The first kappa shape index (κ1) is 48.0. The van der Waals surface area contributed by atoms with Gasteiger partial charge in [0.2, 0.25) is 0 Å². The first-order chi connectivity index (χ1) is 39.2. The Bertz CT molecular complexity index is 4520. The third-order valence-electron chi connectivity index (χ3n) is 19.7. The second kappa shape index (κ2) is 16.8. The number of anilines is 5. The largest absolute Gasteiger partial charge is 0.311 e. The lowest BCUT2D eigenvalue weighted by atomic mass is 9.68. The van der Waals surface area contributed by atoms with Crippen molar-refractivity contribution in [2.45, 2.75) is 89.9 Å². The van der Waals surface area contributed by atoms with Gasteiger partial charge in [-0.25, -0.2) is 0 Å². The standard InChI is InChI=1S/C78H65N3/c1-75(2)64-30-21-31-65-74(64)81-72-62(40-50(44-70(72)75)48-32-36-58-60-38-34-56(46-68(60)77(5,6)66(58)42-48)79(52-22-13-9-14-23-52)53-24-15-10-16-25-53)63-41-51(45-71(73(63)81)76(65,3)4)49-33-37-59-61-39-35-57(47-69(61)78(7,8)67(59)43-49)80(54-26-17-11-18-27-54)55-28-19-12-20-29-55/h9-11,13-19,21-47H,12,20H2,1-8H3. The van der Waals surface area contributed by atoms with E-state index in [0.29, 0.717) is 0 Å². The number of benzene rings is 10. The Balaban J connectivity index is 0.838. The lowest BCUT2D eigenvalue weighted by Gasteiger charge is -2.42. The van der Waals surface area contributed by atoms with Crippen LogP contribution in [-0.2, 0) is 21.7 Å². The van der Waals surface area contributed by atoms with Crippen molar-refractivity contribution in [3.63, 3.8) is 0 Å². The molecular weight excluding hydrogens is 979 g/mol. The minimum Gasteiger partial charge on any atom is -0.311 e. The summed E-state index contributed by atoms with van der Waals surface area (Å²) in [5.41, 5.74) is 31.6. The van der Waals surface area contributed by atoms with Crippen LogP contribution in [0.25, 0.3) is 72.0 Å². The lowest BCUT2D eigenvalue weighted by molar-refractivity contribution is 0.594. The molecule has 0 spiro atoms. The summed E-state index contributed by atoms with van der Waals surface area (Å²) in [4.78, 5) is 4.81. The SMILES string of the molecule is CC1(C)c2cc(-c3cc4c5c(c3)c3cc(-c6ccc7c(c6)C(C)(C)c6cc(N(c8ccccc8)c8ccccc8)ccc6-7)cc6c3n5-c3c(cccc3C6(C)C)C4(C)C)ccc2-c2ccc(N(C3=CCCC=C3)c3ccccc3)cc21.